The fourth-order valence-corrected chi connectivity index (χ4v) is 5.61. The number of urea groups is 1. The minimum Gasteiger partial charge on any atom is -0.457 e. The molecule has 0 radical (unpaired) electrons. The van der Waals surface area contributed by atoms with Crippen LogP contribution in [0.1, 0.15) is 18.4 Å². The minimum atomic E-state index is -3.34. The van der Waals surface area contributed by atoms with E-state index in [0.717, 1.165) is 56.4 Å². The number of sulfonamides is 1. The average molecular weight is 607 g/mol. The van der Waals surface area contributed by atoms with E-state index in [1.165, 1.54) is 6.07 Å². The molecule has 224 valence electrons. The van der Waals surface area contributed by atoms with Gasteiger partial charge in [-0.1, -0.05) is 30.3 Å². The first-order valence-corrected chi connectivity index (χ1v) is 15.7. The Kier molecular flexibility index (Phi) is 9.22. The van der Waals surface area contributed by atoms with Gasteiger partial charge in [0.1, 0.15) is 23.1 Å². The van der Waals surface area contributed by atoms with Crippen LogP contribution in [-0.4, -0.2) is 44.7 Å². The molecule has 1 fully saturated rings. The summed E-state index contributed by atoms with van der Waals surface area (Å²) in [6.07, 6.45) is 2.54. The first-order valence-electron chi connectivity index (χ1n) is 13.8. The number of amides is 2. The lowest BCUT2D eigenvalue weighted by Gasteiger charge is -2.38. The number of anilines is 3. The maximum atomic E-state index is 14.3. The Bertz CT molecular complexity index is 1650. The number of halogens is 2. The first kappa shape index (κ1) is 30.0. The lowest BCUT2D eigenvalue weighted by Crippen LogP contribution is -2.49. The number of ether oxygens (including phenoxy) is 1. The summed E-state index contributed by atoms with van der Waals surface area (Å²) in [5.74, 6) is -0.287. The lowest BCUT2D eigenvalue weighted by atomic mass is 10.0. The van der Waals surface area contributed by atoms with Crippen LogP contribution in [0.4, 0.5) is 30.6 Å². The smallest absolute Gasteiger partial charge is 0.326 e. The third kappa shape index (κ3) is 8.30. The summed E-state index contributed by atoms with van der Waals surface area (Å²) >= 11 is 0. The second kappa shape index (κ2) is 13.2. The minimum absolute atomic E-state index is 0.0711. The first-order chi connectivity index (χ1) is 20.6. The number of nitrogens with one attached hydrogen (secondary N) is 2. The molecule has 0 unspecified atom stereocenters. The van der Waals surface area contributed by atoms with E-state index in [0.29, 0.717) is 22.9 Å². The van der Waals surface area contributed by atoms with Crippen LogP contribution in [0.2, 0.25) is 0 Å². The van der Waals surface area contributed by atoms with Crippen LogP contribution < -0.4 is 19.7 Å². The van der Waals surface area contributed by atoms with Crippen molar-refractivity contribution >= 4 is 33.1 Å². The molecule has 0 aromatic heterocycles. The normalized spacial score (nSPS) is 14.2. The summed E-state index contributed by atoms with van der Waals surface area (Å²) < 4.78 is 58.7. The number of likely N-dealkylation sites (tertiary alicyclic amines) is 1. The van der Waals surface area contributed by atoms with E-state index < -0.39 is 27.7 Å². The maximum absolute atomic E-state index is 14.3. The van der Waals surface area contributed by atoms with E-state index >= 15 is 0 Å². The molecule has 2 N–H and O–H groups in total. The molecule has 1 saturated heterocycles. The Morgan fingerprint density at radius 2 is 1.53 bits per heavy atom. The van der Waals surface area contributed by atoms with E-state index in [2.05, 4.69) is 14.9 Å². The van der Waals surface area contributed by atoms with Crippen molar-refractivity contribution < 1.29 is 26.7 Å². The summed E-state index contributed by atoms with van der Waals surface area (Å²) in [5, 5.41) is 2.61. The number of para-hydroxylation sites is 1. The van der Waals surface area contributed by atoms with E-state index in [1.807, 2.05) is 54.6 Å². The van der Waals surface area contributed by atoms with Crippen LogP contribution in [0, 0.1) is 11.6 Å². The Labute approximate surface area is 250 Å². The van der Waals surface area contributed by atoms with Gasteiger partial charge in [0.2, 0.25) is 10.0 Å². The molecular formula is C32H32F2N4O4S. The van der Waals surface area contributed by atoms with Gasteiger partial charge in [-0.2, -0.15) is 0 Å². The molecule has 11 heteroatoms. The summed E-state index contributed by atoms with van der Waals surface area (Å²) in [7, 11) is -3.34. The molecule has 5 rings (SSSR count). The third-order valence-electron chi connectivity index (χ3n) is 7.07. The summed E-state index contributed by atoms with van der Waals surface area (Å²) in [5.41, 5.74) is 2.21. The van der Waals surface area contributed by atoms with Gasteiger partial charge >= 0.3 is 6.03 Å². The van der Waals surface area contributed by atoms with Gasteiger partial charge in [0.25, 0.3) is 0 Å². The standard InChI is InChI=1S/C32H32F2N4O4S/c1-43(40,41)36-25-10-14-29(15-11-25)42-28-12-7-23(8-13-28)22-37-19-17-27(18-20-37)38(26-5-3-2-4-6-26)32(39)35-31-16-9-24(33)21-30(31)34/h2-16,21,27,36H,17-20,22H2,1H3,(H,35,39). The van der Waals surface area contributed by atoms with E-state index in [1.54, 1.807) is 29.2 Å². The van der Waals surface area contributed by atoms with Crippen LogP contribution in [-0.2, 0) is 16.6 Å². The molecule has 0 bridgehead atoms. The van der Waals surface area contributed by atoms with Crippen LogP contribution in [0.15, 0.2) is 97.1 Å². The highest BCUT2D eigenvalue weighted by Crippen LogP contribution is 2.28. The fraction of sp³-hybridized carbons (Fsp3) is 0.219. The molecule has 0 aliphatic carbocycles. The van der Waals surface area contributed by atoms with Crippen molar-refractivity contribution in [3.05, 3.63) is 114 Å². The molecule has 4 aromatic carbocycles. The number of hydrogen-bond acceptors (Lipinski definition) is 5. The van der Waals surface area contributed by atoms with Crippen molar-refractivity contribution in [3.63, 3.8) is 0 Å². The molecule has 4 aromatic rings. The highest BCUT2D eigenvalue weighted by atomic mass is 32.2. The predicted molar refractivity (Wildman–Crippen MR) is 164 cm³/mol. The molecule has 2 amide bonds. The van der Waals surface area contributed by atoms with Crippen LogP contribution in [0.25, 0.3) is 0 Å². The van der Waals surface area contributed by atoms with E-state index in [-0.39, 0.29) is 11.7 Å². The molecule has 43 heavy (non-hydrogen) atoms. The highest BCUT2D eigenvalue weighted by molar-refractivity contribution is 7.92. The zero-order valence-electron chi connectivity index (χ0n) is 23.5. The van der Waals surface area contributed by atoms with Crippen molar-refractivity contribution in [2.75, 3.05) is 34.3 Å². The second-order valence-electron chi connectivity index (χ2n) is 10.4. The van der Waals surface area contributed by atoms with Crippen molar-refractivity contribution in [1.29, 1.82) is 0 Å². The second-order valence-corrected chi connectivity index (χ2v) is 12.2. The molecule has 1 aliphatic heterocycles. The topological polar surface area (TPSA) is 91.0 Å². The van der Waals surface area contributed by atoms with Crippen molar-refractivity contribution in [1.82, 2.24) is 4.90 Å². The van der Waals surface area contributed by atoms with Crippen molar-refractivity contribution in [2.24, 2.45) is 0 Å². The molecule has 1 heterocycles. The van der Waals surface area contributed by atoms with Gasteiger partial charge in [0.15, 0.2) is 0 Å². The molecule has 8 nitrogen and oxygen atoms in total. The van der Waals surface area contributed by atoms with Gasteiger partial charge in [-0.15, -0.1) is 0 Å². The molecule has 0 atom stereocenters. The predicted octanol–water partition coefficient (Wildman–Crippen LogP) is 6.83. The van der Waals surface area contributed by atoms with Gasteiger partial charge in [0.05, 0.1) is 11.9 Å². The molecule has 0 spiro atoms. The zero-order valence-corrected chi connectivity index (χ0v) is 24.4. The number of nitrogens with zero attached hydrogens (tertiary/aromatic N) is 2. The zero-order chi connectivity index (χ0) is 30.4. The maximum Gasteiger partial charge on any atom is 0.326 e. The Hall–Kier alpha value is -4.48. The number of rotatable bonds is 9. The van der Waals surface area contributed by atoms with Gasteiger partial charge in [-0.05, 0) is 79.1 Å². The number of carbonyl (C=O) groups is 1. The summed E-state index contributed by atoms with van der Waals surface area (Å²) in [6.45, 7) is 2.26. The number of benzene rings is 4. The van der Waals surface area contributed by atoms with Crippen molar-refractivity contribution in [3.8, 4) is 11.5 Å². The van der Waals surface area contributed by atoms with E-state index in [9.17, 15) is 22.0 Å². The molecule has 1 aliphatic rings. The van der Waals surface area contributed by atoms with E-state index in [4.69, 9.17) is 4.74 Å². The Morgan fingerprint density at radius 3 is 2.14 bits per heavy atom. The quantitative estimate of drug-likeness (QED) is 0.218. The van der Waals surface area contributed by atoms with Crippen LogP contribution in [0.3, 0.4) is 0 Å². The molecular weight excluding hydrogens is 574 g/mol. The van der Waals surface area contributed by atoms with Gasteiger partial charge < -0.3 is 10.1 Å². The number of hydrogen-bond donors (Lipinski definition) is 2. The number of carbonyl (C=O) groups excluding carboxylic acids is 1. The third-order valence-corrected chi connectivity index (χ3v) is 7.68. The van der Waals surface area contributed by atoms with Crippen LogP contribution in [0.5, 0.6) is 11.5 Å². The van der Waals surface area contributed by atoms with Crippen LogP contribution >= 0.6 is 0 Å². The summed E-state index contributed by atoms with van der Waals surface area (Å²) in [6, 6.07) is 26.2. The SMILES string of the molecule is CS(=O)(=O)Nc1ccc(Oc2ccc(CN3CCC(N(C(=O)Nc4ccc(F)cc4F)c4ccccc4)CC3)cc2)cc1. The Morgan fingerprint density at radius 1 is 0.907 bits per heavy atom. The fourth-order valence-electron chi connectivity index (χ4n) is 5.05. The van der Waals surface area contributed by atoms with Gasteiger partial charge in [0, 0.05) is 43.1 Å². The average Bonchev–Trinajstić information content (AvgIpc) is 2.97. The number of piperidine rings is 1. The summed E-state index contributed by atoms with van der Waals surface area (Å²) in [4.78, 5) is 17.3. The largest absolute Gasteiger partial charge is 0.457 e. The Balaban J connectivity index is 1.17. The lowest BCUT2D eigenvalue weighted by molar-refractivity contribution is 0.199. The van der Waals surface area contributed by atoms with Gasteiger partial charge in [-0.25, -0.2) is 22.0 Å². The monoisotopic (exact) mass is 606 g/mol. The van der Waals surface area contributed by atoms with Gasteiger partial charge in [-0.3, -0.25) is 14.5 Å². The highest BCUT2D eigenvalue weighted by Gasteiger charge is 2.29. The van der Waals surface area contributed by atoms with Crippen molar-refractivity contribution in [2.45, 2.75) is 25.4 Å². The molecule has 0 saturated carbocycles.